The molecule has 0 spiro atoms. The number of methoxy groups -OCH3 is 2. The van der Waals surface area contributed by atoms with Crippen molar-refractivity contribution in [2.45, 2.75) is 23.3 Å². The van der Waals surface area contributed by atoms with Crippen molar-refractivity contribution in [1.29, 1.82) is 0 Å². The number of hydrogen-bond donors (Lipinski definition) is 1. The van der Waals surface area contributed by atoms with Gasteiger partial charge in [-0.1, -0.05) is 36.4 Å². The Labute approximate surface area is 185 Å². The van der Waals surface area contributed by atoms with Gasteiger partial charge in [-0.15, -0.1) is 17.9 Å². The van der Waals surface area contributed by atoms with Crippen LogP contribution in [0.25, 0.3) is 0 Å². The summed E-state index contributed by atoms with van der Waals surface area (Å²) < 4.78 is 38.1. The van der Waals surface area contributed by atoms with E-state index in [9.17, 15) is 18.0 Å². The summed E-state index contributed by atoms with van der Waals surface area (Å²) in [6, 6.07) is 9.16. The topological polar surface area (TPSA) is 102 Å². The summed E-state index contributed by atoms with van der Waals surface area (Å²) in [4.78, 5) is 27.8. The molecule has 3 rings (SSSR count). The van der Waals surface area contributed by atoms with E-state index in [1.165, 1.54) is 20.3 Å². The molecule has 1 aliphatic heterocycles. The number of sulfonamides is 1. The molecule has 0 saturated heterocycles. The fourth-order valence-electron chi connectivity index (χ4n) is 3.47. The molecule has 10 heteroatoms. The molecule has 0 bridgehead atoms. The zero-order valence-electron chi connectivity index (χ0n) is 17.3. The SMILES string of the molecule is C=CCNS(=O)(=O)c1sc2c(c1C(=O)OC)CCN(C(=O)[C@@H](OC)c1ccccc1)C2. The molecule has 0 aliphatic carbocycles. The van der Waals surface area contributed by atoms with E-state index in [2.05, 4.69) is 11.3 Å². The third kappa shape index (κ3) is 4.72. The zero-order chi connectivity index (χ0) is 22.6. The molecule has 0 unspecified atom stereocenters. The first-order chi connectivity index (χ1) is 14.8. The molecule has 8 nitrogen and oxygen atoms in total. The van der Waals surface area contributed by atoms with Crippen LogP contribution in [0.3, 0.4) is 0 Å². The Kier molecular flexibility index (Phi) is 7.26. The van der Waals surface area contributed by atoms with E-state index >= 15 is 0 Å². The Balaban J connectivity index is 1.94. The number of nitrogens with zero attached hydrogens (tertiary/aromatic N) is 1. The minimum Gasteiger partial charge on any atom is -0.465 e. The summed E-state index contributed by atoms with van der Waals surface area (Å²) >= 11 is 0.979. The van der Waals surface area contributed by atoms with Gasteiger partial charge in [0.2, 0.25) is 0 Å². The molecule has 0 radical (unpaired) electrons. The molecule has 1 aromatic carbocycles. The quantitative estimate of drug-likeness (QED) is 0.475. The van der Waals surface area contributed by atoms with Gasteiger partial charge in [0.05, 0.1) is 19.2 Å². The van der Waals surface area contributed by atoms with E-state index < -0.39 is 22.1 Å². The number of amides is 1. The molecule has 166 valence electrons. The lowest BCUT2D eigenvalue weighted by atomic mass is 10.0. The maximum atomic E-state index is 13.1. The van der Waals surface area contributed by atoms with Crippen LogP contribution in [0.5, 0.6) is 0 Å². The summed E-state index contributed by atoms with van der Waals surface area (Å²) in [5, 5.41) is 0. The molecule has 1 aromatic heterocycles. The molecular weight excluding hydrogens is 440 g/mol. The number of nitrogens with one attached hydrogen (secondary N) is 1. The van der Waals surface area contributed by atoms with Gasteiger partial charge in [-0.3, -0.25) is 4.79 Å². The number of thiophene rings is 1. The second kappa shape index (κ2) is 9.73. The van der Waals surface area contributed by atoms with E-state index in [-0.39, 0.29) is 28.8 Å². The third-order valence-corrected chi connectivity index (χ3v) is 8.11. The number of hydrogen-bond acceptors (Lipinski definition) is 7. The summed E-state index contributed by atoms with van der Waals surface area (Å²) in [6.07, 6.45) is 0.988. The van der Waals surface area contributed by atoms with Gasteiger partial charge in [-0.25, -0.2) is 17.9 Å². The van der Waals surface area contributed by atoms with Gasteiger partial charge in [0, 0.05) is 25.1 Å². The highest BCUT2D eigenvalue weighted by Gasteiger charge is 2.36. The van der Waals surface area contributed by atoms with Crippen LogP contribution in [0, 0.1) is 0 Å². The second-order valence-corrected chi connectivity index (χ2v) is 9.90. The molecule has 1 atom stereocenters. The fraction of sp³-hybridized carbons (Fsp3) is 0.333. The Morgan fingerprint density at radius 3 is 2.61 bits per heavy atom. The van der Waals surface area contributed by atoms with Crippen LogP contribution in [-0.4, -0.2) is 52.5 Å². The van der Waals surface area contributed by atoms with Crippen molar-refractivity contribution in [1.82, 2.24) is 9.62 Å². The normalized spacial score (nSPS) is 14.6. The zero-order valence-corrected chi connectivity index (χ0v) is 18.9. The van der Waals surface area contributed by atoms with Crippen LogP contribution < -0.4 is 4.72 Å². The Morgan fingerprint density at radius 1 is 1.29 bits per heavy atom. The number of ether oxygens (including phenoxy) is 2. The average Bonchev–Trinajstić information content (AvgIpc) is 3.18. The van der Waals surface area contributed by atoms with E-state index in [4.69, 9.17) is 9.47 Å². The number of esters is 1. The number of carbonyl (C=O) groups is 2. The molecule has 2 heterocycles. The first kappa shape index (κ1) is 23.1. The number of benzene rings is 1. The second-order valence-electron chi connectivity index (χ2n) is 6.83. The van der Waals surface area contributed by atoms with Crippen LogP contribution >= 0.6 is 11.3 Å². The van der Waals surface area contributed by atoms with Gasteiger partial charge in [0.25, 0.3) is 15.9 Å². The van der Waals surface area contributed by atoms with E-state index in [0.29, 0.717) is 23.4 Å². The van der Waals surface area contributed by atoms with E-state index in [1.54, 1.807) is 4.90 Å². The van der Waals surface area contributed by atoms with E-state index in [0.717, 1.165) is 16.9 Å². The lowest BCUT2D eigenvalue weighted by molar-refractivity contribution is -0.143. The van der Waals surface area contributed by atoms with Crippen molar-refractivity contribution in [2.75, 3.05) is 27.3 Å². The third-order valence-electron chi connectivity index (χ3n) is 4.95. The minimum absolute atomic E-state index is 0.0305. The standard InChI is InChI=1S/C21H24N2O6S2/c1-4-11-22-31(26,27)21-17(20(25)29-3)15-10-12-23(13-16(15)30-21)19(24)18(28-2)14-8-6-5-7-9-14/h4-9,18,22H,1,10-13H2,2-3H3/t18-/m0/s1. The van der Waals surface area contributed by atoms with Crippen molar-refractivity contribution in [3.8, 4) is 0 Å². The first-order valence-electron chi connectivity index (χ1n) is 9.54. The van der Waals surface area contributed by atoms with Crippen LogP contribution in [0.4, 0.5) is 0 Å². The summed E-state index contributed by atoms with van der Waals surface area (Å²) in [7, 11) is -1.25. The summed E-state index contributed by atoms with van der Waals surface area (Å²) in [5.41, 5.74) is 1.38. The highest BCUT2D eigenvalue weighted by Crippen LogP contribution is 2.37. The molecule has 1 aliphatic rings. The van der Waals surface area contributed by atoms with Crippen molar-refractivity contribution >= 4 is 33.2 Å². The molecular formula is C21H24N2O6S2. The maximum Gasteiger partial charge on any atom is 0.340 e. The predicted molar refractivity (Wildman–Crippen MR) is 116 cm³/mol. The Hall–Kier alpha value is -2.53. The summed E-state index contributed by atoms with van der Waals surface area (Å²) in [5.74, 6) is -0.933. The van der Waals surface area contributed by atoms with E-state index in [1.807, 2.05) is 30.3 Å². The number of fused-ring (bicyclic) bond motifs is 1. The van der Waals surface area contributed by atoms with Gasteiger partial charge in [-0.2, -0.15) is 0 Å². The molecule has 1 N–H and O–H groups in total. The molecule has 0 fully saturated rings. The van der Waals surface area contributed by atoms with Crippen molar-refractivity contribution in [3.05, 3.63) is 64.6 Å². The van der Waals surface area contributed by atoms with Crippen molar-refractivity contribution < 1.29 is 27.5 Å². The molecule has 31 heavy (non-hydrogen) atoms. The van der Waals surface area contributed by atoms with Crippen LogP contribution in [0.15, 0.2) is 47.2 Å². The van der Waals surface area contributed by atoms with Gasteiger partial charge < -0.3 is 14.4 Å². The fourth-order valence-corrected chi connectivity index (χ4v) is 6.41. The average molecular weight is 465 g/mol. The van der Waals surface area contributed by atoms with Crippen LogP contribution in [0.1, 0.15) is 32.5 Å². The first-order valence-corrected chi connectivity index (χ1v) is 11.8. The smallest absolute Gasteiger partial charge is 0.340 e. The van der Waals surface area contributed by atoms with Crippen molar-refractivity contribution in [2.24, 2.45) is 0 Å². The molecule has 1 amide bonds. The molecule has 2 aromatic rings. The lowest BCUT2D eigenvalue weighted by Gasteiger charge is -2.30. The Bertz CT molecular complexity index is 1080. The largest absolute Gasteiger partial charge is 0.465 e. The van der Waals surface area contributed by atoms with Gasteiger partial charge in [0.1, 0.15) is 4.21 Å². The Morgan fingerprint density at radius 2 is 2.00 bits per heavy atom. The summed E-state index contributed by atoms with van der Waals surface area (Å²) in [6.45, 7) is 4.05. The van der Waals surface area contributed by atoms with Gasteiger partial charge >= 0.3 is 5.97 Å². The lowest BCUT2D eigenvalue weighted by Crippen LogP contribution is -2.39. The van der Waals surface area contributed by atoms with Gasteiger partial charge in [-0.05, 0) is 17.5 Å². The predicted octanol–water partition coefficient (Wildman–Crippen LogP) is 2.27. The van der Waals surface area contributed by atoms with Crippen molar-refractivity contribution in [3.63, 3.8) is 0 Å². The monoisotopic (exact) mass is 464 g/mol. The highest BCUT2D eigenvalue weighted by molar-refractivity contribution is 7.91. The molecule has 0 saturated carbocycles. The maximum absolute atomic E-state index is 13.1. The van der Waals surface area contributed by atoms with Gasteiger partial charge in [0.15, 0.2) is 6.10 Å². The minimum atomic E-state index is -3.94. The number of rotatable bonds is 8. The van der Waals surface area contributed by atoms with Crippen LogP contribution in [0.2, 0.25) is 0 Å². The number of carbonyl (C=O) groups excluding carboxylic acids is 2. The highest BCUT2D eigenvalue weighted by atomic mass is 32.2. The van der Waals surface area contributed by atoms with Crippen LogP contribution in [-0.2, 0) is 37.3 Å².